The average molecular weight is 421 g/mol. The lowest BCUT2D eigenvalue weighted by Gasteiger charge is -2.24. The molecule has 2 aromatic rings. The Morgan fingerprint density at radius 1 is 1.18 bits per heavy atom. The zero-order valence-corrected chi connectivity index (χ0v) is 17.5. The van der Waals surface area contributed by atoms with Gasteiger partial charge in [-0.15, -0.1) is 0 Å². The highest BCUT2D eigenvalue weighted by molar-refractivity contribution is 6.35. The summed E-state index contributed by atoms with van der Waals surface area (Å²) < 4.78 is 0. The van der Waals surface area contributed by atoms with Crippen LogP contribution in [0, 0.1) is 0 Å². The summed E-state index contributed by atoms with van der Waals surface area (Å²) in [5.74, 6) is 0.124. The smallest absolute Gasteiger partial charge is 0.256 e. The monoisotopic (exact) mass is 420 g/mol. The largest absolute Gasteiger partial charge is 0.327 e. The van der Waals surface area contributed by atoms with Crippen LogP contribution < -0.4 is 5.32 Å². The van der Waals surface area contributed by atoms with Gasteiger partial charge in [-0.3, -0.25) is 9.59 Å². The van der Waals surface area contributed by atoms with Crippen molar-refractivity contribution in [2.75, 3.05) is 11.9 Å². The molecule has 1 aliphatic rings. The van der Waals surface area contributed by atoms with E-state index in [0.29, 0.717) is 40.1 Å². The Kier molecular flexibility index (Phi) is 5.91. The summed E-state index contributed by atoms with van der Waals surface area (Å²) in [6, 6.07) is 4.15. The second-order valence-electron chi connectivity index (χ2n) is 7.82. The molecule has 1 aromatic carbocycles. The highest BCUT2D eigenvalue weighted by Crippen LogP contribution is 2.27. The molecule has 0 spiro atoms. The van der Waals surface area contributed by atoms with Crippen LogP contribution in [0.25, 0.3) is 0 Å². The Morgan fingerprint density at radius 3 is 2.50 bits per heavy atom. The Hall–Kier alpha value is -2.18. The number of amides is 2. The molecule has 1 aromatic heterocycles. The minimum atomic E-state index is -0.579. The van der Waals surface area contributed by atoms with Gasteiger partial charge in [-0.1, -0.05) is 44.0 Å². The first-order valence-electron chi connectivity index (χ1n) is 9.06. The number of halogens is 2. The van der Waals surface area contributed by atoms with Crippen molar-refractivity contribution in [3.63, 3.8) is 0 Å². The van der Waals surface area contributed by atoms with Crippen molar-refractivity contribution < 1.29 is 9.59 Å². The Labute approximate surface area is 174 Å². The fourth-order valence-corrected chi connectivity index (χ4v) is 3.47. The second-order valence-corrected chi connectivity index (χ2v) is 8.66. The summed E-state index contributed by atoms with van der Waals surface area (Å²) >= 11 is 12.2. The molecule has 1 unspecified atom stereocenters. The fraction of sp³-hybridized carbons (Fsp3) is 0.400. The predicted octanol–water partition coefficient (Wildman–Crippen LogP) is 4.32. The number of nitrogens with one attached hydrogen (secondary N) is 1. The average Bonchev–Trinajstić information content (AvgIpc) is 3.13. The van der Waals surface area contributed by atoms with E-state index in [1.807, 2.05) is 20.8 Å². The zero-order valence-electron chi connectivity index (χ0n) is 16.0. The van der Waals surface area contributed by atoms with Gasteiger partial charge in [0.25, 0.3) is 5.91 Å². The van der Waals surface area contributed by atoms with Gasteiger partial charge < -0.3 is 10.2 Å². The number of benzene rings is 1. The van der Waals surface area contributed by atoms with Crippen LogP contribution in [0.5, 0.6) is 0 Å². The minimum absolute atomic E-state index is 0.173. The van der Waals surface area contributed by atoms with Crippen LogP contribution in [0.2, 0.25) is 10.0 Å². The summed E-state index contributed by atoms with van der Waals surface area (Å²) in [6.45, 7) is 6.54. The number of aromatic nitrogens is 2. The van der Waals surface area contributed by atoms with Crippen molar-refractivity contribution in [2.24, 2.45) is 0 Å². The van der Waals surface area contributed by atoms with Crippen LogP contribution in [-0.2, 0) is 10.2 Å². The number of hydrogen-bond donors (Lipinski definition) is 1. The zero-order chi connectivity index (χ0) is 20.5. The Bertz CT molecular complexity index is 894. The SMILES string of the molecule is CC(C)(C)c1ncc(NC(=O)C2CCCN2C(=O)c2cc(Cl)ccc2Cl)cn1. The van der Waals surface area contributed by atoms with Crippen LogP contribution in [0.3, 0.4) is 0 Å². The minimum Gasteiger partial charge on any atom is -0.327 e. The van der Waals surface area contributed by atoms with Crippen molar-refractivity contribution in [1.29, 1.82) is 0 Å². The summed E-state index contributed by atoms with van der Waals surface area (Å²) in [5.41, 5.74) is 0.623. The van der Waals surface area contributed by atoms with E-state index in [1.165, 1.54) is 11.0 Å². The van der Waals surface area contributed by atoms with Gasteiger partial charge in [-0.05, 0) is 31.0 Å². The molecule has 0 radical (unpaired) electrons. The Balaban J connectivity index is 1.74. The van der Waals surface area contributed by atoms with E-state index >= 15 is 0 Å². The van der Waals surface area contributed by atoms with Gasteiger partial charge in [0.2, 0.25) is 5.91 Å². The molecule has 1 fully saturated rings. The van der Waals surface area contributed by atoms with E-state index in [9.17, 15) is 9.59 Å². The van der Waals surface area contributed by atoms with Gasteiger partial charge in [0, 0.05) is 17.0 Å². The molecule has 1 N–H and O–H groups in total. The van der Waals surface area contributed by atoms with Crippen LogP contribution in [0.15, 0.2) is 30.6 Å². The van der Waals surface area contributed by atoms with Gasteiger partial charge in [0.05, 0.1) is 28.7 Å². The van der Waals surface area contributed by atoms with E-state index in [1.54, 1.807) is 24.5 Å². The van der Waals surface area contributed by atoms with Gasteiger partial charge in [-0.25, -0.2) is 9.97 Å². The topological polar surface area (TPSA) is 75.2 Å². The standard InChI is InChI=1S/C20H22Cl2N4O2/c1-20(2,3)19-23-10-13(11-24-19)25-17(27)16-5-4-8-26(16)18(28)14-9-12(21)6-7-15(14)22/h6-7,9-11,16H,4-5,8H2,1-3H3,(H,25,27). The van der Waals surface area contributed by atoms with E-state index in [4.69, 9.17) is 23.2 Å². The molecule has 0 saturated carbocycles. The lowest BCUT2D eigenvalue weighted by atomic mass is 9.96. The maximum atomic E-state index is 12.9. The molecular formula is C20H22Cl2N4O2. The number of carbonyl (C=O) groups is 2. The Morgan fingerprint density at radius 2 is 1.86 bits per heavy atom. The van der Waals surface area contributed by atoms with Gasteiger partial charge in [-0.2, -0.15) is 0 Å². The third kappa shape index (κ3) is 4.45. The molecule has 6 nitrogen and oxygen atoms in total. The molecule has 2 heterocycles. The quantitative estimate of drug-likeness (QED) is 0.801. The summed E-state index contributed by atoms with van der Waals surface area (Å²) in [5, 5.41) is 3.54. The van der Waals surface area contributed by atoms with E-state index in [-0.39, 0.29) is 17.2 Å². The number of rotatable bonds is 3. The number of hydrogen-bond acceptors (Lipinski definition) is 4. The maximum absolute atomic E-state index is 12.9. The second kappa shape index (κ2) is 8.05. The molecule has 8 heteroatoms. The van der Waals surface area contributed by atoms with Gasteiger partial charge in [0.15, 0.2) is 0 Å². The van der Waals surface area contributed by atoms with E-state index in [2.05, 4.69) is 15.3 Å². The predicted molar refractivity (Wildman–Crippen MR) is 110 cm³/mol. The van der Waals surface area contributed by atoms with Crippen molar-refractivity contribution >= 4 is 40.7 Å². The molecule has 1 saturated heterocycles. The third-order valence-corrected chi connectivity index (χ3v) is 5.13. The molecule has 0 aliphatic carbocycles. The van der Waals surface area contributed by atoms with Crippen LogP contribution in [0.1, 0.15) is 49.8 Å². The molecule has 2 amide bonds. The van der Waals surface area contributed by atoms with E-state index < -0.39 is 6.04 Å². The number of carbonyl (C=O) groups excluding carboxylic acids is 2. The summed E-state index contributed by atoms with van der Waals surface area (Å²) in [4.78, 5) is 35.9. The molecule has 148 valence electrons. The van der Waals surface area contributed by atoms with Crippen molar-refractivity contribution in [2.45, 2.75) is 45.1 Å². The summed E-state index contributed by atoms with van der Waals surface area (Å²) in [7, 11) is 0. The first-order chi connectivity index (χ1) is 13.2. The van der Waals surface area contributed by atoms with Crippen molar-refractivity contribution in [3.8, 4) is 0 Å². The normalized spacial score (nSPS) is 16.9. The first kappa shape index (κ1) is 20.6. The first-order valence-corrected chi connectivity index (χ1v) is 9.82. The van der Waals surface area contributed by atoms with Crippen molar-refractivity contribution in [1.82, 2.24) is 14.9 Å². The van der Waals surface area contributed by atoms with E-state index in [0.717, 1.165) is 6.42 Å². The molecule has 28 heavy (non-hydrogen) atoms. The number of anilines is 1. The summed E-state index contributed by atoms with van der Waals surface area (Å²) in [6.07, 6.45) is 4.49. The van der Waals surface area contributed by atoms with Gasteiger partial charge in [0.1, 0.15) is 11.9 Å². The van der Waals surface area contributed by atoms with Crippen LogP contribution >= 0.6 is 23.2 Å². The lowest BCUT2D eigenvalue weighted by molar-refractivity contribution is -0.119. The van der Waals surface area contributed by atoms with Crippen LogP contribution in [0.4, 0.5) is 5.69 Å². The number of nitrogens with zero attached hydrogens (tertiary/aromatic N) is 3. The third-order valence-electron chi connectivity index (χ3n) is 4.57. The van der Waals surface area contributed by atoms with Crippen LogP contribution in [-0.4, -0.2) is 39.3 Å². The highest BCUT2D eigenvalue weighted by atomic mass is 35.5. The molecule has 0 bridgehead atoms. The molecular weight excluding hydrogens is 399 g/mol. The number of likely N-dealkylation sites (tertiary alicyclic amines) is 1. The highest BCUT2D eigenvalue weighted by Gasteiger charge is 2.35. The molecule has 1 aliphatic heterocycles. The maximum Gasteiger partial charge on any atom is 0.256 e. The fourth-order valence-electron chi connectivity index (χ4n) is 3.10. The van der Waals surface area contributed by atoms with Gasteiger partial charge >= 0.3 is 0 Å². The molecule has 3 rings (SSSR count). The molecule has 1 atom stereocenters. The lowest BCUT2D eigenvalue weighted by Crippen LogP contribution is -2.43. The van der Waals surface area contributed by atoms with Crippen molar-refractivity contribution in [3.05, 3.63) is 52.0 Å².